The number of carbonyl (C=O) groups excluding carboxylic acids is 1. The van der Waals surface area contributed by atoms with Gasteiger partial charge in [-0.3, -0.25) is 4.79 Å². The Labute approximate surface area is 94.8 Å². The third-order valence-corrected chi connectivity index (χ3v) is 3.89. The van der Waals surface area contributed by atoms with E-state index in [2.05, 4.69) is 16.9 Å². The largest absolute Gasteiger partial charge is 0.462 e. The fourth-order valence-electron chi connectivity index (χ4n) is 3.22. The minimum absolute atomic E-state index is 0.0526. The van der Waals surface area contributed by atoms with Crippen LogP contribution in [0.1, 0.15) is 39.0 Å². The molecule has 1 spiro atoms. The van der Waals surface area contributed by atoms with Gasteiger partial charge in [-0.25, -0.2) is 0 Å². The summed E-state index contributed by atoms with van der Waals surface area (Å²) in [6.07, 6.45) is 4.72. The Hall–Kier alpha value is -1.22. The molecule has 16 heavy (non-hydrogen) atoms. The van der Waals surface area contributed by atoms with Gasteiger partial charge >= 0.3 is 5.97 Å². The van der Waals surface area contributed by atoms with Gasteiger partial charge in [0.05, 0.1) is 13.0 Å². The Morgan fingerprint density at radius 1 is 1.69 bits per heavy atom. The predicted molar refractivity (Wildman–Crippen MR) is 58.6 cm³/mol. The summed E-state index contributed by atoms with van der Waals surface area (Å²) in [5, 5.41) is 3.57. The molecule has 0 N–H and O–H groups in total. The molecule has 3 atom stereocenters. The monoisotopic (exact) mass is 223 g/mol. The Bertz CT molecular complexity index is 338. The number of rotatable bonds is 2. The highest BCUT2D eigenvalue weighted by Crippen LogP contribution is 2.49. The van der Waals surface area contributed by atoms with E-state index in [0.29, 0.717) is 12.3 Å². The van der Waals surface area contributed by atoms with Crippen molar-refractivity contribution in [3.63, 3.8) is 0 Å². The van der Waals surface area contributed by atoms with Crippen molar-refractivity contribution in [2.45, 2.75) is 45.1 Å². The van der Waals surface area contributed by atoms with Crippen LogP contribution in [0.3, 0.4) is 0 Å². The van der Waals surface area contributed by atoms with Crippen molar-refractivity contribution in [1.82, 2.24) is 0 Å². The molecule has 0 bridgehead atoms. The van der Waals surface area contributed by atoms with Crippen molar-refractivity contribution in [3.8, 4) is 0 Å². The molecule has 5 nitrogen and oxygen atoms in total. The van der Waals surface area contributed by atoms with E-state index in [1.807, 2.05) is 0 Å². The molecule has 1 heterocycles. The molecule has 0 aromatic heterocycles. The van der Waals surface area contributed by atoms with Gasteiger partial charge in [0.2, 0.25) is 0 Å². The van der Waals surface area contributed by atoms with Gasteiger partial charge < -0.3 is 4.74 Å². The maximum absolute atomic E-state index is 11.4. The molecule has 88 valence electrons. The first-order valence-corrected chi connectivity index (χ1v) is 5.87. The molecule has 2 fully saturated rings. The number of carbonyl (C=O) groups is 1. The smallest absolute Gasteiger partial charge is 0.306 e. The number of nitrogens with zero attached hydrogens (tertiary/aromatic N) is 3. The third kappa shape index (κ3) is 2.00. The van der Waals surface area contributed by atoms with Gasteiger partial charge in [0, 0.05) is 10.3 Å². The van der Waals surface area contributed by atoms with Crippen molar-refractivity contribution >= 4 is 5.97 Å². The summed E-state index contributed by atoms with van der Waals surface area (Å²) in [6.45, 7) is 2.50. The highest BCUT2D eigenvalue weighted by atomic mass is 16.6. The number of cyclic esters (lactones) is 1. The predicted octanol–water partition coefficient (Wildman–Crippen LogP) is 2.81. The zero-order valence-electron chi connectivity index (χ0n) is 9.56. The summed E-state index contributed by atoms with van der Waals surface area (Å²) in [5.74, 6) is 0.504. The quantitative estimate of drug-likeness (QED) is 0.312. The lowest BCUT2D eigenvalue weighted by molar-refractivity contribution is -0.141. The summed E-state index contributed by atoms with van der Waals surface area (Å²) < 4.78 is 5.30. The minimum Gasteiger partial charge on any atom is -0.462 e. The number of esters is 1. The summed E-state index contributed by atoms with van der Waals surface area (Å²) in [7, 11) is 0. The van der Waals surface area contributed by atoms with E-state index in [1.54, 1.807) is 0 Å². The van der Waals surface area contributed by atoms with E-state index >= 15 is 0 Å². The second-order valence-electron chi connectivity index (χ2n) is 5.13. The van der Waals surface area contributed by atoms with Crippen LogP contribution in [0.5, 0.6) is 0 Å². The van der Waals surface area contributed by atoms with Crippen LogP contribution in [0.2, 0.25) is 0 Å². The van der Waals surface area contributed by atoms with Gasteiger partial charge in [0.15, 0.2) is 0 Å². The average molecular weight is 223 g/mol. The summed E-state index contributed by atoms with van der Waals surface area (Å²) in [4.78, 5) is 14.2. The van der Waals surface area contributed by atoms with Gasteiger partial charge in [-0.1, -0.05) is 24.9 Å². The van der Waals surface area contributed by atoms with Crippen LogP contribution in [-0.2, 0) is 9.53 Å². The first kappa shape index (κ1) is 11.3. The average Bonchev–Trinajstić information content (AvgIpc) is 2.51. The van der Waals surface area contributed by atoms with E-state index < -0.39 is 0 Å². The maximum atomic E-state index is 11.4. The van der Waals surface area contributed by atoms with Crippen molar-refractivity contribution in [1.29, 1.82) is 0 Å². The number of hydrogen-bond acceptors (Lipinski definition) is 3. The van der Waals surface area contributed by atoms with Gasteiger partial charge in [0.1, 0.15) is 6.10 Å². The molecule has 1 saturated carbocycles. The molecular weight excluding hydrogens is 206 g/mol. The highest BCUT2D eigenvalue weighted by Gasteiger charge is 2.50. The fourth-order valence-corrected chi connectivity index (χ4v) is 3.22. The molecule has 5 heteroatoms. The van der Waals surface area contributed by atoms with Gasteiger partial charge in [-0.2, -0.15) is 0 Å². The lowest BCUT2D eigenvalue weighted by atomic mass is 9.66. The fraction of sp³-hybridized carbons (Fsp3) is 0.909. The molecule has 0 aromatic carbocycles. The van der Waals surface area contributed by atoms with Crippen molar-refractivity contribution in [2.24, 2.45) is 16.4 Å². The molecule has 2 rings (SSSR count). The Morgan fingerprint density at radius 2 is 2.50 bits per heavy atom. The SMILES string of the molecule is CC1CCCC2(CC(=O)OC2CN=[N+]=[N-])C1. The van der Waals surface area contributed by atoms with Crippen LogP contribution in [0.15, 0.2) is 5.11 Å². The topological polar surface area (TPSA) is 75.1 Å². The van der Waals surface area contributed by atoms with Crippen LogP contribution >= 0.6 is 0 Å². The van der Waals surface area contributed by atoms with Crippen molar-refractivity contribution < 1.29 is 9.53 Å². The number of hydrogen-bond donors (Lipinski definition) is 0. The highest BCUT2D eigenvalue weighted by molar-refractivity contribution is 5.73. The zero-order valence-corrected chi connectivity index (χ0v) is 9.56. The first-order valence-electron chi connectivity index (χ1n) is 5.87. The van der Waals surface area contributed by atoms with Gasteiger partial charge in [0.25, 0.3) is 0 Å². The van der Waals surface area contributed by atoms with Gasteiger partial charge in [-0.15, -0.1) is 0 Å². The van der Waals surface area contributed by atoms with E-state index in [4.69, 9.17) is 10.3 Å². The molecular formula is C11H17N3O2. The summed E-state index contributed by atoms with van der Waals surface area (Å²) in [6, 6.07) is 0. The van der Waals surface area contributed by atoms with E-state index in [0.717, 1.165) is 19.3 Å². The van der Waals surface area contributed by atoms with Crippen molar-refractivity contribution in [3.05, 3.63) is 10.4 Å². The van der Waals surface area contributed by atoms with Crippen LogP contribution in [0, 0.1) is 11.3 Å². The van der Waals surface area contributed by atoms with Crippen molar-refractivity contribution in [2.75, 3.05) is 6.54 Å². The number of ether oxygens (including phenoxy) is 1. The molecule has 3 unspecified atom stereocenters. The molecule has 0 radical (unpaired) electrons. The van der Waals surface area contributed by atoms with Gasteiger partial charge in [-0.05, 0) is 24.3 Å². The van der Waals surface area contributed by atoms with Crippen LogP contribution in [-0.4, -0.2) is 18.6 Å². The summed E-state index contributed by atoms with van der Waals surface area (Å²) in [5.41, 5.74) is 8.30. The Morgan fingerprint density at radius 3 is 3.19 bits per heavy atom. The Balaban J connectivity index is 2.15. The maximum Gasteiger partial charge on any atom is 0.306 e. The van der Waals surface area contributed by atoms with Crippen LogP contribution in [0.25, 0.3) is 10.4 Å². The normalized spacial score (nSPS) is 38.2. The van der Waals surface area contributed by atoms with Crippen LogP contribution in [0.4, 0.5) is 0 Å². The second kappa shape index (κ2) is 4.34. The summed E-state index contributed by atoms with van der Waals surface area (Å²) >= 11 is 0. The zero-order chi connectivity index (χ0) is 11.6. The van der Waals surface area contributed by atoms with Crippen LogP contribution < -0.4 is 0 Å². The molecule has 1 saturated heterocycles. The second-order valence-corrected chi connectivity index (χ2v) is 5.13. The standard InChI is InChI=1S/C11H17N3O2/c1-8-3-2-4-11(5-8)6-10(15)16-9(11)7-13-14-12/h8-9H,2-7H2,1H3. The van der Waals surface area contributed by atoms with E-state index in [9.17, 15) is 4.79 Å². The molecule has 2 aliphatic rings. The first-order chi connectivity index (χ1) is 7.66. The third-order valence-electron chi connectivity index (χ3n) is 3.89. The van der Waals surface area contributed by atoms with E-state index in [-0.39, 0.29) is 24.0 Å². The molecule has 0 amide bonds. The Kier molecular flexibility index (Phi) is 3.06. The lowest BCUT2D eigenvalue weighted by Crippen LogP contribution is -2.37. The number of azide groups is 1. The molecule has 1 aliphatic carbocycles. The van der Waals surface area contributed by atoms with E-state index in [1.165, 1.54) is 6.42 Å². The minimum atomic E-state index is -0.196. The molecule has 1 aliphatic heterocycles. The molecule has 0 aromatic rings. The lowest BCUT2D eigenvalue weighted by Gasteiger charge is -2.38.